The molecule has 0 aliphatic rings. The Kier molecular flexibility index (Phi) is 12.1. The van der Waals surface area contributed by atoms with E-state index < -0.39 is 6.04 Å². The molecule has 2 atom stereocenters. The molecule has 3 rings (SSSR count). The molecule has 0 aliphatic heterocycles. The van der Waals surface area contributed by atoms with Gasteiger partial charge in [0.25, 0.3) is 0 Å². The number of amides is 2. The molecule has 0 radical (unpaired) electrons. The highest BCUT2D eigenvalue weighted by Crippen LogP contribution is 2.28. The number of thioether (sulfide) groups is 1. The molecule has 0 fully saturated rings. The molecular weight excluding hydrogens is 582 g/mol. The van der Waals surface area contributed by atoms with Crippen LogP contribution < -0.4 is 5.32 Å². The van der Waals surface area contributed by atoms with Crippen molar-refractivity contribution in [3.8, 4) is 0 Å². The van der Waals surface area contributed by atoms with E-state index in [4.69, 9.17) is 46.4 Å². The van der Waals surface area contributed by atoms with Gasteiger partial charge >= 0.3 is 0 Å². The summed E-state index contributed by atoms with van der Waals surface area (Å²) in [7, 11) is 0. The van der Waals surface area contributed by atoms with Crippen molar-refractivity contribution < 1.29 is 9.59 Å². The second-order valence-corrected chi connectivity index (χ2v) is 11.6. The van der Waals surface area contributed by atoms with E-state index in [1.54, 1.807) is 35.2 Å². The predicted octanol–water partition coefficient (Wildman–Crippen LogP) is 8.09. The monoisotopic (exact) mass is 610 g/mol. The van der Waals surface area contributed by atoms with Gasteiger partial charge in [-0.3, -0.25) is 9.59 Å². The fourth-order valence-corrected chi connectivity index (χ4v) is 5.51. The van der Waals surface area contributed by atoms with Crippen molar-refractivity contribution in [3.63, 3.8) is 0 Å². The van der Waals surface area contributed by atoms with Gasteiger partial charge in [-0.05, 0) is 48.7 Å². The summed E-state index contributed by atoms with van der Waals surface area (Å²) in [6.07, 6.45) is 1.13. The van der Waals surface area contributed by atoms with Crippen molar-refractivity contribution in [3.05, 3.63) is 104 Å². The SMILES string of the molecule is CC[C@@H](C)NC(=O)[C@H](Cc1ccccc1)N(Cc1c(Cl)cccc1Cl)C(=O)CSCc1ccc(Cl)c(Cl)c1. The van der Waals surface area contributed by atoms with Gasteiger partial charge in [-0.15, -0.1) is 11.8 Å². The van der Waals surface area contributed by atoms with Crippen molar-refractivity contribution in [2.45, 2.75) is 51.1 Å². The summed E-state index contributed by atoms with van der Waals surface area (Å²) in [6.45, 7) is 4.06. The van der Waals surface area contributed by atoms with Crippen LogP contribution in [0.1, 0.15) is 37.0 Å². The van der Waals surface area contributed by atoms with Gasteiger partial charge in [-0.2, -0.15) is 0 Å². The maximum atomic E-state index is 13.8. The van der Waals surface area contributed by atoms with Gasteiger partial charge < -0.3 is 10.2 Å². The van der Waals surface area contributed by atoms with Crippen LogP contribution in [-0.2, 0) is 28.3 Å². The maximum Gasteiger partial charge on any atom is 0.243 e. The Morgan fingerprint density at radius 1 is 0.868 bits per heavy atom. The van der Waals surface area contributed by atoms with E-state index in [1.807, 2.05) is 50.2 Å². The second kappa shape index (κ2) is 15.0. The van der Waals surface area contributed by atoms with Crippen LogP contribution in [0.15, 0.2) is 66.7 Å². The van der Waals surface area contributed by atoms with Crippen LogP contribution in [0.25, 0.3) is 0 Å². The Labute approximate surface area is 249 Å². The van der Waals surface area contributed by atoms with Crippen molar-refractivity contribution in [1.82, 2.24) is 10.2 Å². The first-order valence-electron chi connectivity index (χ1n) is 12.3. The lowest BCUT2D eigenvalue weighted by Crippen LogP contribution is -2.52. The van der Waals surface area contributed by atoms with Gasteiger partial charge in [-0.25, -0.2) is 0 Å². The number of hydrogen-bond donors (Lipinski definition) is 1. The fraction of sp³-hybridized carbons (Fsp3) is 0.310. The predicted molar refractivity (Wildman–Crippen MR) is 161 cm³/mol. The molecule has 0 aromatic heterocycles. The molecule has 0 spiro atoms. The van der Waals surface area contributed by atoms with Crippen LogP contribution in [-0.4, -0.2) is 34.6 Å². The van der Waals surface area contributed by atoms with E-state index in [1.165, 1.54) is 11.8 Å². The highest BCUT2D eigenvalue weighted by atomic mass is 35.5. The first kappa shape index (κ1) is 30.6. The van der Waals surface area contributed by atoms with Crippen molar-refractivity contribution in [1.29, 1.82) is 0 Å². The minimum absolute atomic E-state index is 0.0364. The highest BCUT2D eigenvalue weighted by Gasteiger charge is 2.31. The Morgan fingerprint density at radius 3 is 2.18 bits per heavy atom. The third kappa shape index (κ3) is 8.82. The molecule has 3 aromatic rings. The molecule has 0 heterocycles. The second-order valence-electron chi connectivity index (χ2n) is 8.99. The molecule has 2 amide bonds. The summed E-state index contributed by atoms with van der Waals surface area (Å²) in [6, 6.07) is 19.5. The van der Waals surface area contributed by atoms with Gasteiger partial charge in [0.2, 0.25) is 11.8 Å². The number of carbonyl (C=O) groups is 2. The van der Waals surface area contributed by atoms with Crippen molar-refractivity contribution in [2.24, 2.45) is 0 Å². The lowest BCUT2D eigenvalue weighted by atomic mass is 10.0. The van der Waals surface area contributed by atoms with Crippen LogP contribution in [0.2, 0.25) is 20.1 Å². The molecule has 202 valence electrons. The van der Waals surface area contributed by atoms with Gasteiger partial charge in [0.1, 0.15) is 6.04 Å². The summed E-state index contributed by atoms with van der Waals surface area (Å²) in [5.74, 6) is 0.316. The number of hydrogen-bond acceptors (Lipinski definition) is 3. The van der Waals surface area contributed by atoms with Crippen LogP contribution in [0.4, 0.5) is 0 Å². The molecule has 4 nitrogen and oxygen atoms in total. The van der Waals surface area contributed by atoms with Crippen LogP contribution in [0.3, 0.4) is 0 Å². The summed E-state index contributed by atoms with van der Waals surface area (Å²) in [5.41, 5.74) is 2.50. The highest BCUT2D eigenvalue weighted by molar-refractivity contribution is 7.99. The normalized spacial score (nSPS) is 12.6. The minimum Gasteiger partial charge on any atom is -0.352 e. The number of nitrogens with one attached hydrogen (secondary N) is 1. The average Bonchev–Trinajstić information content (AvgIpc) is 2.90. The first-order valence-corrected chi connectivity index (χ1v) is 14.9. The molecule has 3 aromatic carbocycles. The number of rotatable bonds is 12. The molecular formula is C29H30Cl4N2O2S. The maximum absolute atomic E-state index is 13.8. The van der Waals surface area contributed by atoms with Gasteiger partial charge in [-0.1, -0.05) is 95.8 Å². The zero-order valence-electron chi connectivity index (χ0n) is 21.2. The van der Waals surface area contributed by atoms with E-state index in [-0.39, 0.29) is 30.2 Å². The van der Waals surface area contributed by atoms with E-state index >= 15 is 0 Å². The number of halogens is 4. The first-order chi connectivity index (χ1) is 18.2. The molecule has 0 saturated carbocycles. The Morgan fingerprint density at radius 2 is 1.55 bits per heavy atom. The van der Waals surface area contributed by atoms with E-state index in [0.29, 0.717) is 37.8 Å². The van der Waals surface area contributed by atoms with Crippen molar-refractivity contribution in [2.75, 3.05) is 5.75 Å². The third-order valence-electron chi connectivity index (χ3n) is 6.14. The summed E-state index contributed by atoms with van der Waals surface area (Å²) < 4.78 is 0. The fourth-order valence-electron chi connectivity index (χ4n) is 3.82. The molecule has 0 bridgehead atoms. The summed E-state index contributed by atoms with van der Waals surface area (Å²) in [4.78, 5) is 28.9. The molecule has 0 unspecified atom stereocenters. The topological polar surface area (TPSA) is 49.4 Å². The standard InChI is InChI=1S/C29H30Cl4N2O2S/c1-3-19(2)34-29(37)27(15-20-8-5-4-6-9-20)35(16-22-23(30)10-7-11-24(22)31)28(36)18-38-17-21-12-13-25(32)26(33)14-21/h4-14,19,27H,3,15-18H2,1-2H3,(H,34,37)/t19-,27+/m1/s1. The number of benzene rings is 3. The third-order valence-corrected chi connectivity index (χ3v) is 8.58. The largest absolute Gasteiger partial charge is 0.352 e. The summed E-state index contributed by atoms with van der Waals surface area (Å²) in [5, 5.41) is 4.90. The van der Waals surface area contributed by atoms with Crippen LogP contribution >= 0.6 is 58.2 Å². The molecule has 0 saturated heterocycles. The van der Waals surface area contributed by atoms with E-state index in [9.17, 15) is 9.59 Å². The Hall–Kier alpha value is -1.89. The van der Waals surface area contributed by atoms with Gasteiger partial charge in [0.15, 0.2) is 0 Å². The number of nitrogens with zero attached hydrogens (tertiary/aromatic N) is 1. The lowest BCUT2D eigenvalue weighted by Gasteiger charge is -2.32. The van der Waals surface area contributed by atoms with Crippen LogP contribution in [0, 0.1) is 0 Å². The van der Waals surface area contributed by atoms with Crippen molar-refractivity contribution >= 4 is 70.0 Å². The quantitative estimate of drug-likeness (QED) is 0.225. The van der Waals surface area contributed by atoms with E-state index in [2.05, 4.69) is 5.32 Å². The lowest BCUT2D eigenvalue weighted by molar-refractivity contribution is -0.139. The average molecular weight is 612 g/mol. The zero-order chi connectivity index (χ0) is 27.7. The van der Waals surface area contributed by atoms with E-state index in [0.717, 1.165) is 17.5 Å². The molecule has 1 N–H and O–H groups in total. The Balaban J connectivity index is 1.90. The van der Waals surface area contributed by atoms with Gasteiger partial charge in [0, 0.05) is 40.4 Å². The smallest absolute Gasteiger partial charge is 0.243 e. The Bertz CT molecular complexity index is 1220. The molecule has 9 heteroatoms. The minimum atomic E-state index is -0.753. The summed E-state index contributed by atoms with van der Waals surface area (Å²) >= 11 is 26.6. The van der Waals surface area contributed by atoms with Gasteiger partial charge in [0.05, 0.1) is 15.8 Å². The molecule has 38 heavy (non-hydrogen) atoms. The zero-order valence-corrected chi connectivity index (χ0v) is 25.1. The number of carbonyl (C=O) groups excluding carboxylic acids is 2. The molecule has 0 aliphatic carbocycles. The van der Waals surface area contributed by atoms with Crippen LogP contribution in [0.5, 0.6) is 0 Å².